The first-order chi connectivity index (χ1) is 12.8. The number of fused-ring (bicyclic) bond motifs is 1. The lowest BCUT2D eigenvalue weighted by Crippen LogP contribution is -2.40. The molecule has 8 heteroatoms. The molecular weight excluding hydrogens is 344 g/mol. The van der Waals surface area contributed by atoms with E-state index in [1.165, 1.54) is 12.4 Å². The van der Waals surface area contributed by atoms with Gasteiger partial charge in [-0.15, -0.1) is 0 Å². The number of nitrogens with zero attached hydrogens (tertiary/aromatic N) is 5. The van der Waals surface area contributed by atoms with E-state index in [1.54, 1.807) is 23.4 Å². The van der Waals surface area contributed by atoms with Crippen molar-refractivity contribution in [3.63, 3.8) is 0 Å². The van der Waals surface area contributed by atoms with Crippen molar-refractivity contribution in [1.29, 1.82) is 0 Å². The van der Waals surface area contributed by atoms with Gasteiger partial charge in [0.15, 0.2) is 5.65 Å². The van der Waals surface area contributed by atoms with Crippen molar-refractivity contribution < 1.29 is 9.90 Å². The molecule has 1 aliphatic heterocycles. The van der Waals surface area contributed by atoms with Crippen LogP contribution in [0.5, 0.6) is 0 Å². The van der Waals surface area contributed by atoms with Gasteiger partial charge in [0.1, 0.15) is 17.8 Å². The molecule has 1 fully saturated rings. The van der Waals surface area contributed by atoms with Gasteiger partial charge in [0.25, 0.3) is 0 Å². The van der Waals surface area contributed by atoms with E-state index < -0.39 is 5.60 Å². The summed E-state index contributed by atoms with van der Waals surface area (Å²) >= 11 is 0. The van der Waals surface area contributed by atoms with Crippen LogP contribution in [0, 0.1) is 11.8 Å². The minimum absolute atomic E-state index is 0.0238. The molecule has 1 aliphatic rings. The first-order valence-corrected chi connectivity index (χ1v) is 8.91. The molecule has 0 saturated carbocycles. The highest BCUT2D eigenvalue weighted by Crippen LogP contribution is 2.28. The monoisotopic (exact) mass is 368 g/mol. The third-order valence-electron chi connectivity index (χ3n) is 4.47. The minimum Gasteiger partial charge on any atom is -0.389 e. The first-order valence-electron chi connectivity index (χ1n) is 8.91. The smallest absolute Gasteiger partial charge is 0.246 e. The average molecular weight is 368 g/mol. The number of aliphatic hydroxyl groups is 1. The Morgan fingerprint density at radius 2 is 2.30 bits per heavy atom. The Morgan fingerprint density at radius 1 is 1.52 bits per heavy atom. The summed E-state index contributed by atoms with van der Waals surface area (Å²) in [6.07, 6.45) is 4.78. The summed E-state index contributed by atoms with van der Waals surface area (Å²) in [5.74, 6) is 6.17. The van der Waals surface area contributed by atoms with Crippen LogP contribution in [0.3, 0.4) is 0 Å². The summed E-state index contributed by atoms with van der Waals surface area (Å²) in [4.78, 5) is 22.2. The van der Waals surface area contributed by atoms with Gasteiger partial charge in [-0.1, -0.05) is 12.5 Å². The molecular formula is C19H24N6O2. The summed E-state index contributed by atoms with van der Waals surface area (Å²) < 4.78 is 1.80. The predicted molar refractivity (Wildman–Crippen MR) is 103 cm³/mol. The van der Waals surface area contributed by atoms with Crippen LogP contribution < -0.4 is 5.73 Å². The molecule has 0 bridgehead atoms. The van der Waals surface area contributed by atoms with E-state index in [-0.39, 0.29) is 11.9 Å². The van der Waals surface area contributed by atoms with Crippen LogP contribution in [0.4, 0.5) is 5.82 Å². The number of rotatable bonds is 3. The zero-order valence-corrected chi connectivity index (χ0v) is 15.6. The molecule has 3 N–H and O–H groups in total. The normalized spacial score (nSPS) is 17.4. The molecule has 2 aromatic heterocycles. The van der Waals surface area contributed by atoms with Gasteiger partial charge in [0.2, 0.25) is 5.91 Å². The van der Waals surface area contributed by atoms with Crippen molar-refractivity contribution in [2.75, 3.05) is 18.8 Å². The summed E-state index contributed by atoms with van der Waals surface area (Å²) in [5.41, 5.74) is 6.26. The van der Waals surface area contributed by atoms with Crippen molar-refractivity contribution in [1.82, 2.24) is 24.6 Å². The molecule has 1 atom stereocenters. The van der Waals surface area contributed by atoms with Crippen LogP contribution in [0.15, 0.2) is 19.0 Å². The summed E-state index contributed by atoms with van der Waals surface area (Å²) in [5, 5.41) is 15.1. The Kier molecular flexibility index (Phi) is 5.15. The van der Waals surface area contributed by atoms with Gasteiger partial charge in [-0.25, -0.2) is 14.6 Å². The second kappa shape index (κ2) is 7.37. The van der Waals surface area contributed by atoms with Crippen molar-refractivity contribution in [2.45, 2.75) is 44.8 Å². The third kappa shape index (κ3) is 4.09. The zero-order valence-electron chi connectivity index (χ0n) is 15.6. The van der Waals surface area contributed by atoms with Gasteiger partial charge in [-0.2, -0.15) is 5.10 Å². The first kappa shape index (κ1) is 18.9. The maximum absolute atomic E-state index is 12.0. The SMILES string of the molecule is C=CC(=O)N1CCCC(n2nc(C#CCC(C)(C)O)c3c(N)ncnc32)C1. The van der Waals surface area contributed by atoms with Gasteiger partial charge < -0.3 is 15.7 Å². The van der Waals surface area contributed by atoms with E-state index in [0.29, 0.717) is 42.1 Å². The number of aromatic nitrogens is 4. The van der Waals surface area contributed by atoms with Crippen LogP contribution >= 0.6 is 0 Å². The predicted octanol–water partition coefficient (Wildman–Crippen LogP) is 1.27. The fourth-order valence-corrected chi connectivity index (χ4v) is 3.17. The number of likely N-dealkylation sites (tertiary alicyclic amines) is 1. The van der Waals surface area contributed by atoms with Gasteiger partial charge in [0, 0.05) is 19.5 Å². The highest BCUT2D eigenvalue weighted by atomic mass is 16.3. The summed E-state index contributed by atoms with van der Waals surface area (Å²) in [6.45, 7) is 8.19. The number of nitrogens with two attached hydrogens (primary N) is 1. The van der Waals surface area contributed by atoms with Crippen LogP contribution in [-0.4, -0.2) is 54.4 Å². The van der Waals surface area contributed by atoms with E-state index >= 15 is 0 Å². The van der Waals surface area contributed by atoms with Crippen molar-refractivity contribution >= 4 is 22.8 Å². The maximum Gasteiger partial charge on any atom is 0.246 e. The molecule has 0 aromatic carbocycles. The van der Waals surface area contributed by atoms with Crippen LogP contribution in [0.2, 0.25) is 0 Å². The molecule has 3 rings (SSSR count). The van der Waals surface area contributed by atoms with Crippen molar-refractivity contribution in [3.05, 3.63) is 24.7 Å². The standard InChI is InChI=1S/C19H24N6O2/c1-4-15(26)24-10-6-7-13(11-24)25-18-16(17(20)21-12-22-18)14(23-25)8-5-9-19(2,3)27/h4,12-13,27H,1,6-7,9-11H2,2-3H3,(H2,20,21,22). The van der Waals surface area contributed by atoms with Gasteiger partial charge in [-0.3, -0.25) is 4.79 Å². The Bertz CT molecular complexity index is 931. The van der Waals surface area contributed by atoms with E-state index in [1.807, 2.05) is 0 Å². The third-order valence-corrected chi connectivity index (χ3v) is 4.47. The topological polar surface area (TPSA) is 110 Å². The number of anilines is 1. The molecule has 3 heterocycles. The van der Waals surface area contributed by atoms with E-state index in [0.717, 1.165) is 12.8 Å². The van der Waals surface area contributed by atoms with Gasteiger partial charge >= 0.3 is 0 Å². The van der Waals surface area contributed by atoms with Gasteiger partial charge in [-0.05, 0) is 38.7 Å². The highest BCUT2D eigenvalue weighted by Gasteiger charge is 2.27. The Hall–Kier alpha value is -2.92. The number of amides is 1. The van der Waals surface area contributed by atoms with Crippen LogP contribution in [0.25, 0.3) is 11.0 Å². The number of hydrogen-bond donors (Lipinski definition) is 2. The fourth-order valence-electron chi connectivity index (χ4n) is 3.17. The van der Waals surface area contributed by atoms with Crippen LogP contribution in [0.1, 0.15) is 44.8 Å². The minimum atomic E-state index is -0.887. The van der Waals surface area contributed by atoms with E-state index in [4.69, 9.17) is 5.73 Å². The Balaban J connectivity index is 2.00. The molecule has 1 saturated heterocycles. The molecule has 0 radical (unpaired) electrons. The summed E-state index contributed by atoms with van der Waals surface area (Å²) in [7, 11) is 0. The quantitative estimate of drug-likeness (QED) is 0.624. The highest BCUT2D eigenvalue weighted by molar-refractivity contribution is 5.90. The lowest BCUT2D eigenvalue weighted by molar-refractivity contribution is -0.127. The average Bonchev–Trinajstić information content (AvgIpc) is 3.00. The Labute approximate surface area is 158 Å². The molecule has 27 heavy (non-hydrogen) atoms. The lowest BCUT2D eigenvalue weighted by Gasteiger charge is -2.32. The maximum atomic E-state index is 12.0. The molecule has 0 spiro atoms. The molecule has 2 aromatic rings. The number of piperidine rings is 1. The number of carbonyl (C=O) groups is 1. The molecule has 142 valence electrons. The molecule has 8 nitrogen and oxygen atoms in total. The Morgan fingerprint density at radius 3 is 3.00 bits per heavy atom. The molecule has 1 amide bonds. The van der Waals surface area contributed by atoms with Gasteiger partial charge in [0.05, 0.1) is 17.0 Å². The number of carbonyl (C=O) groups excluding carboxylic acids is 1. The second-order valence-corrected chi connectivity index (χ2v) is 7.33. The summed E-state index contributed by atoms with van der Waals surface area (Å²) in [6, 6.07) is -0.0238. The second-order valence-electron chi connectivity index (χ2n) is 7.33. The van der Waals surface area contributed by atoms with Crippen molar-refractivity contribution in [3.8, 4) is 11.8 Å². The van der Waals surface area contributed by atoms with E-state index in [2.05, 4.69) is 33.5 Å². The number of hydrogen-bond acceptors (Lipinski definition) is 6. The number of nitrogen functional groups attached to an aromatic ring is 1. The van der Waals surface area contributed by atoms with Crippen molar-refractivity contribution in [2.24, 2.45) is 0 Å². The molecule has 1 unspecified atom stereocenters. The van der Waals surface area contributed by atoms with Crippen LogP contribution in [-0.2, 0) is 4.79 Å². The largest absolute Gasteiger partial charge is 0.389 e. The molecule has 0 aliphatic carbocycles. The lowest BCUT2D eigenvalue weighted by atomic mass is 10.1. The zero-order chi connectivity index (χ0) is 19.6. The van der Waals surface area contributed by atoms with E-state index in [9.17, 15) is 9.90 Å². The fraction of sp³-hybridized carbons (Fsp3) is 0.474.